The van der Waals surface area contributed by atoms with Crippen molar-refractivity contribution in [3.8, 4) is 17.2 Å². The van der Waals surface area contributed by atoms with Crippen molar-refractivity contribution in [1.29, 1.82) is 0 Å². The van der Waals surface area contributed by atoms with Crippen molar-refractivity contribution in [2.45, 2.75) is 69.6 Å². The van der Waals surface area contributed by atoms with Crippen molar-refractivity contribution in [1.82, 2.24) is 0 Å². The minimum atomic E-state index is -3.38. The first kappa shape index (κ1) is 30.5. The molecular formula is C29H41ClO7S. The molecule has 9 heteroatoms. The second-order valence-corrected chi connectivity index (χ2v) is 13.0. The molecule has 3 rings (SSSR count). The first-order valence-corrected chi connectivity index (χ1v) is 15.8. The highest BCUT2D eigenvalue weighted by molar-refractivity contribution is 8.13. The van der Waals surface area contributed by atoms with Crippen LogP contribution in [0.3, 0.4) is 0 Å². The average molecular weight is 569 g/mol. The quantitative estimate of drug-likeness (QED) is 0.118. The molecule has 0 fully saturated rings. The SMILES string of the molecule is COCOc1ccc(C2(C)COc3cc(OCOC)ccc3C2CCCCCCCCCS(=O)(=O)Cl)cc1. The summed E-state index contributed by atoms with van der Waals surface area (Å²) in [6.07, 6.45) is 8.08. The summed E-state index contributed by atoms with van der Waals surface area (Å²) in [5.74, 6) is 2.72. The molecule has 2 unspecified atom stereocenters. The Morgan fingerprint density at radius 1 is 0.868 bits per heavy atom. The van der Waals surface area contributed by atoms with E-state index in [1.54, 1.807) is 14.2 Å². The van der Waals surface area contributed by atoms with Crippen molar-refractivity contribution in [3.05, 3.63) is 53.6 Å². The van der Waals surface area contributed by atoms with Crippen LogP contribution in [-0.4, -0.2) is 48.6 Å². The van der Waals surface area contributed by atoms with Crippen molar-refractivity contribution >= 4 is 19.7 Å². The van der Waals surface area contributed by atoms with Gasteiger partial charge in [-0.3, -0.25) is 0 Å². The molecule has 0 spiro atoms. The van der Waals surface area contributed by atoms with E-state index in [9.17, 15) is 8.42 Å². The number of methoxy groups -OCH3 is 2. The van der Waals surface area contributed by atoms with E-state index >= 15 is 0 Å². The number of hydrogen-bond donors (Lipinski definition) is 0. The highest BCUT2D eigenvalue weighted by Gasteiger charge is 2.42. The molecule has 1 heterocycles. The zero-order chi connectivity index (χ0) is 27.4. The molecule has 1 aliphatic heterocycles. The average Bonchev–Trinajstić information content (AvgIpc) is 2.90. The van der Waals surface area contributed by atoms with Crippen molar-refractivity contribution in [2.24, 2.45) is 0 Å². The van der Waals surface area contributed by atoms with Gasteiger partial charge in [0, 0.05) is 42.3 Å². The summed E-state index contributed by atoms with van der Waals surface area (Å²) in [4.78, 5) is 0. The molecule has 2 aromatic carbocycles. The topological polar surface area (TPSA) is 80.3 Å². The monoisotopic (exact) mass is 568 g/mol. The molecule has 0 N–H and O–H groups in total. The number of unbranched alkanes of at least 4 members (excludes halogenated alkanes) is 6. The predicted molar refractivity (Wildman–Crippen MR) is 150 cm³/mol. The Kier molecular flexibility index (Phi) is 12.0. The molecule has 0 saturated carbocycles. The van der Waals surface area contributed by atoms with E-state index in [0.29, 0.717) is 13.0 Å². The second kappa shape index (κ2) is 15.0. The summed E-state index contributed by atoms with van der Waals surface area (Å²) in [5.41, 5.74) is 2.21. The fraction of sp³-hybridized carbons (Fsp3) is 0.586. The van der Waals surface area contributed by atoms with Crippen molar-refractivity contribution in [2.75, 3.05) is 40.2 Å². The Labute approximate surface area is 232 Å². The Balaban J connectivity index is 1.66. The molecule has 0 aliphatic carbocycles. The Bertz CT molecular complexity index is 1090. The molecule has 38 heavy (non-hydrogen) atoms. The van der Waals surface area contributed by atoms with Gasteiger partial charge in [-0.15, -0.1) is 0 Å². The van der Waals surface area contributed by atoms with Crippen LogP contribution in [0.1, 0.15) is 75.3 Å². The van der Waals surface area contributed by atoms with Crippen LogP contribution in [0.2, 0.25) is 0 Å². The number of rotatable bonds is 17. The van der Waals surface area contributed by atoms with Gasteiger partial charge in [0.1, 0.15) is 17.2 Å². The molecule has 2 atom stereocenters. The van der Waals surface area contributed by atoms with E-state index in [0.717, 1.165) is 62.2 Å². The maximum absolute atomic E-state index is 11.1. The van der Waals surface area contributed by atoms with Gasteiger partial charge in [-0.05, 0) is 42.2 Å². The second-order valence-electron chi connectivity index (χ2n) is 10.1. The van der Waals surface area contributed by atoms with Crippen LogP contribution in [0.5, 0.6) is 17.2 Å². The molecule has 0 bridgehead atoms. The van der Waals surface area contributed by atoms with Crippen molar-refractivity contribution < 1.29 is 32.1 Å². The van der Waals surface area contributed by atoms with Crippen LogP contribution < -0.4 is 14.2 Å². The number of fused-ring (bicyclic) bond motifs is 1. The zero-order valence-electron chi connectivity index (χ0n) is 22.7. The van der Waals surface area contributed by atoms with E-state index in [1.807, 2.05) is 24.3 Å². The molecule has 7 nitrogen and oxygen atoms in total. The zero-order valence-corrected chi connectivity index (χ0v) is 24.3. The molecule has 0 aromatic heterocycles. The van der Waals surface area contributed by atoms with E-state index in [2.05, 4.69) is 25.1 Å². The minimum Gasteiger partial charge on any atom is -0.492 e. The fourth-order valence-corrected chi connectivity index (χ4v) is 6.02. The van der Waals surface area contributed by atoms with Gasteiger partial charge in [0.25, 0.3) is 0 Å². The number of halogens is 1. The summed E-state index contributed by atoms with van der Waals surface area (Å²) >= 11 is 0. The van der Waals surface area contributed by atoms with Crippen LogP contribution >= 0.6 is 10.7 Å². The number of ether oxygens (including phenoxy) is 5. The summed E-state index contributed by atoms with van der Waals surface area (Å²) in [7, 11) is 5.13. The first-order chi connectivity index (χ1) is 18.3. The van der Waals surface area contributed by atoms with Gasteiger partial charge in [0.05, 0.1) is 12.4 Å². The normalized spacial score (nSPS) is 19.0. The third kappa shape index (κ3) is 9.04. The summed E-state index contributed by atoms with van der Waals surface area (Å²) < 4.78 is 49.7. The highest BCUT2D eigenvalue weighted by Crippen LogP contribution is 2.50. The van der Waals surface area contributed by atoms with E-state index in [-0.39, 0.29) is 30.7 Å². The number of hydrogen-bond acceptors (Lipinski definition) is 7. The van der Waals surface area contributed by atoms with Crippen LogP contribution in [0.15, 0.2) is 42.5 Å². The molecule has 0 saturated heterocycles. The van der Waals surface area contributed by atoms with Crippen LogP contribution in [0, 0.1) is 0 Å². The standard InChI is InChI=1S/C29H41ClO7S/c1-29(23-12-14-24(15-13-23)36-21-33-2)20-35-28-19-25(37-22-34-3)16-17-26(28)27(29)11-9-7-5-4-6-8-10-18-38(30,31)32/h12-17,19,27H,4-11,18,20-22H2,1-3H3. The van der Waals surface area contributed by atoms with Crippen LogP contribution in [0.4, 0.5) is 0 Å². The minimum absolute atomic E-state index is 0.0635. The molecule has 1 aliphatic rings. The van der Waals surface area contributed by atoms with Gasteiger partial charge in [-0.2, -0.15) is 0 Å². The van der Waals surface area contributed by atoms with Gasteiger partial charge < -0.3 is 23.7 Å². The predicted octanol–water partition coefficient (Wildman–Crippen LogP) is 6.78. The highest BCUT2D eigenvalue weighted by atomic mass is 35.7. The first-order valence-electron chi connectivity index (χ1n) is 13.3. The van der Waals surface area contributed by atoms with Gasteiger partial charge in [-0.1, -0.05) is 63.6 Å². The maximum atomic E-state index is 11.1. The van der Waals surface area contributed by atoms with E-state index in [4.69, 9.17) is 34.4 Å². The smallest absolute Gasteiger partial charge is 0.232 e. The summed E-state index contributed by atoms with van der Waals surface area (Å²) in [5, 5.41) is 0. The van der Waals surface area contributed by atoms with Crippen molar-refractivity contribution in [3.63, 3.8) is 0 Å². The van der Waals surface area contributed by atoms with Gasteiger partial charge in [0.15, 0.2) is 13.6 Å². The molecule has 2 aromatic rings. The molecular weight excluding hydrogens is 528 g/mol. The Morgan fingerprint density at radius 2 is 1.45 bits per heavy atom. The van der Waals surface area contributed by atoms with Gasteiger partial charge in [-0.25, -0.2) is 8.42 Å². The maximum Gasteiger partial charge on any atom is 0.232 e. The summed E-state index contributed by atoms with van der Waals surface area (Å²) in [6, 6.07) is 14.3. The van der Waals surface area contributed by atoms with Gasteiger partial charge in [0.2, 0.25) is 9.05 Å². The van der Waals surface area contributed by atoms with Crippen LogP contribution in [-0.2, 0) is 23.9 Å². The van der Waals surface area contributed by atoms with E-state index < -0.39 is 9.05 Å². The molecule has 212 valence electrons. The largest absolute Gasteiger partial charge is 0.492 e. The molecule has 0 amide bonds. The lowest BCUT2D eigenvalue weighted by molar-refractivity contribution is 0.0505. The third-order valence-corrected chi connectivity index (χ3v) is 8.48. The third-order valence-electron chi connectivity index (χ3n) is 7.24. The Morgan fingerprint density at radius 3 is 2.08 bits per heavy atom. The fourth-order valence-electron chi connectivity index (χ4n) is 5.14. The van der Waals surface area contributed by atoms with Gasteiger partial charge >= 0.3 is 0 Å². The number of benzene rings is 2. The van der Waals surface area contributed by atoms with Crippen LogP contribution in [0.25, 0.3) is 0 Å². The lowest BCUT2D eigenvalue weighted by Gasteiger charge is -2.43. The van der Waals surface area contributed by atoms with E-state index in [1.165, 1.54) is 11.1 Å². The summed E-state index contributed by atoms with van der Waals surface area (Å²) in [6.45, 7) is 3.26. The lowest BCUT2D eigenvalue weighted by atomic mass is 9.66. The Hall–Kier alpha value is -2.00. The molecule has 0 radical (unpaired) electrons. The lowest BCUT2D eigenvalue weighted by Crippen LogP contribution is -2.40.